The van der Waals surface area contributed by atoms with Gasteiger partial charge in [-0.25, -0.2) is 0 Å². The lowest BCUT2D eigenvalue weighted by Gasteiger charge is -2.39. The summed E-state index contributed by atoms with van der Waals surface area (Å²) < 4.78 is 1.17. The Balaban J connectivity index is 1.84. The van der Waals surface area contributed by atoms with E-state index in [2.05, 4.69) is 48.7 Å². The molecule has 1 saturated carbocycles. The molecule has 1 heterocycles. The van der Waals surface area contributed by atoms with E-state index in [1.54, 1.807) is 11.3 Å². The van der Waals surface area contributed by atoms with E-state index in [4.69, 9.17) is 0 Å². The highest BCUT2D eigenvalue weighted by atomic mass is 127. The van der Waals surface area contributed by atoms with Crippen LogP contribution in [0.2, 0.25) is 0 Å². The summed E-state index contributed by atoms with van der Waals surface area (Å²) >= 11 is 3.89. The molecule has 1 N–H and O–H groups in total. The maximum atomic E-state index is 12.2. The molecule has 112 valence electrons. The molecule has 1 amide bonds. The standard InChI is InChI=1S/C16H24INOS/c1-4-16(2,3)12-5-7-13(8-6-12)18-15(19)11-9-14(17)20-10-11/h9-10,12-13H,4-8H2,1-3H3,(H,18,19). The van der Waals surface area contributed by atoms with E-state index < -0.39 is 0 Å². The van der Waals surface area contributed by atoms with Gasteiger partial charge in [-0.15, -0.1) is 11.3 Å². The molecule has 1 fully saturated rings. The summed E-state index contributed by atoms with van der Waals surface area (Å²) in [6, 6.07) is 2.33. The summed E-state index contributed by atoms with van der Waals surface area (Å²) in [5.74, 6) is 0.908. The third kappa shape index (κ3) is 3.97. The van der Waals surface area contributed by atoms with Gasteiger partial charge in [0.1, 0.15) is 0 Å². The fourth-order valence-electron chi connectivity index (χ4n) is 3.01. The normalized spacial score (nSPS) is 23.6. The zero-order chi connectivity index (χ0) is 14.8. The molecule has 20 heavy (non-hydrogen) atoms. The lowest BCUT2D eigenvalue weighted by molar-refractivity contribution is 0.0893. The number of carbonyl (C=O) groups excluding carboxylic acids is 1. The highest BCUT2D eigenvalue weighted by molar-refractivity contribution is 14.1. The molecule has 1 aliphatic rings. The van der Waals surface area contributed by atoms with Gasteiger partial charge in [-0.1, -0.05) is 27.2 Å². The van der Waals surface area contributed by atoms with Crippen molar-refractivity contribution in [1.82, 2.24) is 5.32 Å². The summed E-state index contributed by atoms with van der Waals surface area (Å²) in [5.41, 5.74) is 1.26. The van der Waals surface area contributed by atoms with Gasteiger partial charge in [0.15, 0.2) is 0 Å². The van der Waals surface area contributed by atoms with Gasteiger partial charge >= 0.3 is 0 Å². The summed E-state index contributed by atoms with van der Waals surface area (Å²) in [6.45, 7) is 7.04. The molecule has 0 unspecified atom stereocenters. The zero-order valence-electron chi connectivity index (χ0n) is 12.5. The number of thiophene rings is 1. The summed E-state index contributed by atoms with van der Waals surface area (Å²) in [5, 5.41) is 5.15. The first kappa shape index (κ1) is 16.3. The molecule has 1 aliphatic carbocycles. The monoisotopic (exact) mass is 405 g/mol. The number of carbonyl (C=O) groups is 1. The molecule has 4 heteroatoms. The van der Waals surface area contributed by atoms with Crippen LogP contribution in [-0.4, -0.2) is 11.9 Å². The first-order valence-electron chi connectivity index (χ1n) is 7.47. The highest BCUT2D eigenvalue weighted by Crippen LogP contribution is 2.40. The number of rotatable bonds is 4. The summed E-state index contributed by atoms with van der Waals surface area (Å²) in [7, 11) is 0. The third-order valence-corrected chi connectivity index (χ3v) is 6.70. The smallest absolute Gasteiger partial charge is 0.252 e. The van der Waals surface area contributed by atoms with Gasteiger partial charge in [0.25, 0.3) is 5.91 Å². The van der Waals surface area contributed by atoms with Gasteiger partial charge in [-0.05, 0) is 65.7 Å². The second-order valence-electron chi connectivity index (χ2n) is 6.50. The lowest BCUT2D eigenvalue weighted by Crippen LogP contribution is -2.39. The van der Waals surface area contributed by atoms with Crippen molar-refractivity contribution in [3.05, 3.63) is 19.9 Å². The van der Waals surface area contributed by atoms with E-state index in [1.807, 2.05) is 11.4 Å². The van der Waals surface area contributed by atoms with Crippen molar-refractivity contribution in [2.45, 2.75) is 58.9 Å². The minimum absolute atomic E-state index is 0.0994. The first-order valence-corrected chi connectivity index (χ1v) is 9.43. The minimum Gasteiger partial charge on any atom is -0.349 e. The quantitative estimate of drug-likeness (QED) is 0.696. The van der Waals surface area contributed by atoms with E-state index in [0.717, 1.165) is 24.3 Å². The Morgan fingerprint density at radius 1 is 1.40 bits per heavy atom. The van der Waals surface area contributed by atoms with Crippen LogP contribution in [0.5, 0.6) is 0 Å². The molecule has 2 nitrogen and oxygen atoms in total. The molecule has 2 rings (SSSR count). The Hall–Kier alpha value is -0.100. The van der Waals surface area contributed by atoms with Crippen molar-refractivity contribution >= 4 is 39.8 Å². The highest BCUT2D eigenvalue weighted by Gasteiger charge is 2.32. The maximum absolute atomic E-state index is 12.2. The number of amides is 1. The van der Waals surface area contributed by atoms with E-state index in [9.17, 15) is 4.79 Å². The predicted octanol–water partition coefficient (Wildman–Crippen LogP) is 5.08. The molecule has 0 bridgehead atoms. The van der Waals surface area contributed by atoms with Crippen molar-refractivity contribution in [1.29, 1.82) is 0 Å². The maximum Gasteiger partial charge on any atom is 0.252 e. The number of halogens is 1. The van der Waals surface area contributed by atoms with Gasteiger partial charge in [0.2, 0.25) is 0 Å². The fraction of sp³-hybridized carbons (Fsp3) is 0.688. The van der Waals surface area contributed by atoms with E-state index in [-0.39, 0.29) is 5.91 Å². The number of hydrogen-bond acceptors (Lipinski definition) is 2. The molecule has 0 aromatic carbocycles. The second-order valence-corrected chi connectivity index (χ2v) is 9.31. The van der Waals surface area contributed by atoms with Gasteiger partial charge in [-0.2, -0.15) is 0 Å². The fourth-order valence-corrected chi connectivity index (χ4v) is 4.33. The topological polar surface area (TPSA) is 29.1 Å². The van der Waals surface area contributed by atoms with Gasteiger partial charge in [-0.3, -0.25) is 4.79 Å². The van der Waals surface area contributed by atoms with Gasteiger partial charge in [0.05, 0.1) is 8.45 Å². The lowest BCUT2D eigenvalue weighted by atomic mass is 9.69. The van der Waals surface area contributed by atoms with E-state index in [0.29, 0.717) is 11.5 Å². The van der Waals surface area contributed by atoms with E-state index >= 15 is 0 Å². The Bertz CT molecular complexity index is 461. The predicted molar refractivity (Wildman–Crippen MR) is 94.3 cm³/mol. The van der Waals surface area contributed by atoms with Crippen LogP contribution in [0.15, 0.2) is 11.4 Å². The molecule has 1 aromatic heterocycles. The van der Waals surface area contributed by atoms with Gasteiger partial charge in [0, 0.05) is 11.4 Å². The Labute approximate surface area is 139 Å². The molecule has 0 spiro atoms. The van der Waals surface area contributed by atoms with Crippen LogP contribution in [0.3, 0.4) is 0 Å². The van der Waals surface area contributed by atoms with Crippen LogP contribution in [-0.2, 0) is 0 Å². The summed E-state index contributed by atoms with van der Waals surface area (Å²) in [4.78, 5) is 12.2. The Kier molecular flexibility index (Phi) is 5.51. The van der Waals surface area contributed by atoms with Crippen molar-refractivity contribution < 1.29 is 4.79 Å². The largest absolute Gasteiger partial charge is 0.349 e. The molecule has 0 radical (unpaired) electrons. The number of hydrogen-bond donors (Lipinski definition) is 1. The molecule has 0 saturated heterocycles. The average molecular weight is 405 g/mol. The molecule has 0 atom stereocenters. The molecule has 0 aliphatic heterocycles. The van der Waals surface area contributed by atoms with Crippen molar-refractivity contribution in [2.75, 3.05) is 0 Å². The second kappa shape index (κ2) is 6.77. The van der Waals surface area contributed by atoms with Crippen LogP contribution >= 0.6 is 33.9 Å². The van der Waals surface area contributed by atoms with Crippen LogP contribution in [0, 0.1) is 14.2 Å². The molecular formula is C16H24INOS. The van der Waals surface area contributed by atoms with Crippen LogP contribution in [0.25, 0.3) is 0 Å². The Morgan fingerprint density at radius 2 is 2.05 bits per heavy atom. The first-order chi connectivity index (χ1) is 9.42. The zero-order valence-corrected chi connectivity index (χ0v) is 15.5. The van der Waals surface area contributed by atoms with Crippen molar-refractivity contribution in [2.24, 2.45) is 11.3 Å². The van der Waals surface area contributed by atoms with Crippen LogP contribution < -0.4 is 5.32 Å². The van der Waals surface area contributed by atoms with Crippen LogP contribution in [0.1, 0.15) is 63.2 Å². The van der Waals surface area contributed by atoms with Crippen molar-refractivity contribution in [3.8, 4) is 0 Å². The van der Waals surface area contributed by atoms with Crippen molar-refractivity contribution in [3.63, 3.8) is 0 Å². The minimum atomic E-state index is 0.0994. The number of nitrogens with one attached hydrogen (secondary N) is 1. The molecule has 1 aromatic rings. The van der Waals surface area contributed by atoms with Gasteiger partial charge < -0.3 is 5.32 Å². The van der Waals surface area contributed by atoms with Crippen LogP contribution in [0.4, 0.5) is 0 Å². The average Bonchev–Trinajstić information content (AvgIpc) is 2.86. The Morgan fingerprint density at radius 3 is 2.55 bits per heavy atom. The van der Waals surface area contributed by atoms with E-state index in [1.165, 1.54) is 22.1 Å². The molecular weight excluding hydrogens is 381 g/mol. The third-order valence-electron chi connectivity index (χ3n) is 4.91. The SMILES string of the molecule is CCC(C)(C)C1CCC(NC(=O)c2csc(I)c2)CC1. The summed E-state index contributed by atoms with van der Waals surface area (Å²) in [6.07, 6.45) is 5.98.